The predicted octanol–water partition coefficient (Wildman–Crippen LogP) is 3.85. The van der Waals surface area contributed by atoms with Gasteiger partial charge in [0.15, 0.2) is 0 Å². The molecule has 1 aliphatic heterocycles. The molecule has 0 spiro atoms. The highest BCUT2D eigenvalue weighted by molar-refractivity contribution is 5.94. The molecule has 0 radical (unpaired) electrons. The highest BCUT2D eigenvalue weighted by atomic mass is 16.5. The summed E-state index contributed by atoms with van der Waals surface area (Å²) in [6, 6.07) is 13.8. The van der Waals surface area contributed by atoms with Gasteiger partial charge in [0.25, 0.3) is 0 Å². The highest BCUT2D eigenvalue weighted by Gasteiger charge is 2.21. The number of aromatic nitrogens is 2. The first-order valence-corrected chi connectivity index (χ1v) is 9.57. The van der Waals surface area contributed by atoms with E-state index in [0.29, 0.717) is 38.2 Å². The van der Waals surface area contributed by atoms with Crippen LogP contribution >= 0.6 is 0 Å². The zero-order chi connectivity index (χ0) is 20.2. The van der Waals surface area contributed by atoms with Crippen LogP contribution in [0, 0.1) is 6.92 Å². The molecule has 1 fully saturated rings. The highest BCUT2D eigenvalue weighted by Crippen LogP contribution is 2.27. The molecule has 29 heavy (non-hydrogen) atoms. The predicted molar refractivity (Wildman–Crippen MR) is 110 cm³/mol. The van der Waals surface area contributed by atoms with Crippen LogP contribution in [-0.4, -0.2) is 35.9 Å². The summed E-state index contributed by atoms with van der Waals surface area (Å²) in [4.78, 5) is 13.5. The second-order valence-electron chi connectivity index (χ2n) is 6.75. The fraction of sp³-hybridized carbons (Fsp3) is 0.286. The summed E-state index contributed by atoms with van der Waals surface area (Å²) in [7, 11) is 0. The molecular formula is C21H23N5O3. The Labute approximate surface area is 168 Å². The van der Waals surface area contributed by atoms with E-state index in [1.54, 1.807) is 4.90 Å². The quantitative estimate of drug-likeness (QED) is 0.633. The second kappa shape index (κ2) is 8.32. The van der Waals surface area contributed by atoms with Gasteiger partial charge in [-0.2, -0.15) is 0 Å². The molecule has 2 N–H and O–H groups in total. The average Bonchev–Trinajstić information content (AvgIpc) is 3.38. The lowest BCUT2D eigenvalue weighted by Gasteiger charge is -2.13. The van der Waals surface area contributed by atoms with Gasteiger partial charge in [-0.15, -0.1) is 5.10 Å². The van der Waals surface area contributed by atoms with Crippen molar-refractivity contribution in [2.24, 2.45) is 0 Å². The third-order valence-electron chi connectivity index (χ3n) is 4.72. The van der Waals surface area contributed by atoms with Crippen molar-refractivity contribution in [3.63, 3.8) is 0 Å². The minimum Gasteiger partial charge on any atom is -0.403 e. The number of benzene rings is 2. The molecule has 1 aliphatic rings. The lowest BCUT2D eigenvalue weighted by atomic mass is 10.1. The van der Waals surface area contributed by atoms with E-state index in [2.05, 4.69) is 20.8 Å². The summed E-state index contributed by atoms with van der Waals surface area (Å²) in [6.45, 7) is 6.53. The maximum atomic E-state index is 11.8. The van der Waals surface area contributed by atoms with Crippen LogP contribution in [0.15, 0.2) is 46.9 Å². The molecule has 1 saturated heterocycles. The molecule has 1 aromatic heterocycles. The topological polar surface area (TPSA) is 92.5 Å². The lowest BCUT2D eigenvalue weighted by Crippen LogP contribution is -2.27. The van der Waals surface area contributed by atoms with Gasteiger partial charge in [-0.3, -0.25) is 4.90 Å². The van der Waals surface area contributed by atoms with Gasteiger partial charge in [0.2, 0.25) is 5.89 Å². The van der Waals surface area contributed by atoms with Gasteiger partial charge >= 0.3 is 12.0 Å². The number of anilines is 3. The van der Waals surface area contributed by atoms with Crippen LogP contribution in [0.5, 0.6) is 0 Å². The number of hydrogen-bond acceptors (Lipinski definition) is 6. The monoisotopic (exact) mass is 393 g/mol. The molecule has 0 saturated carbocycles. The Kier molecular flexibility index (Phi) is 5.44. The number of aryl methyl sites for hydroxylation is 1. The number of hydrogen-bond donors (Lipinski definition) is 2. The number of nitrogens with zero attached hydrogens (tertiary/aromatic N) is 3. The van der Waals surface area contributed by atoms with Crippen molar-refractivity contribution >= 4 is 23.4 Å². The summed E-state index contributed by atoms with van der Waals surface area (Å²) < 4.78 is 11.3. The minimum absolute atomic E-state index is 0.0797. The Bertz CT molecular complexity index is 1000. The standard InChI is InChI=1S/C21H23N5O3/c1-3-28-13-15-5-4-14(2)18(12-15)23-20-25-24-19(29-20)16-6-8-17(9-7-16)26-11-10-22-21(26)27/h4-9,12H,3,10-11,13H2,1-2H3,(H,22,27)(H,23,25). The number of urea groups is 1. The molecule has 0 atom stereocenters. The largest absolute Gasteiger partial charge is 0.403 e. The first-order chi connectivity index (χ1) is 14.1. The Morgan fingerprint density at radius 1 is 1.21 bits per heavy atom. The van der Waals surface area contributed by atoms with E-state index >= 15 is 0 Å². The van der Waals surface area contributed by atoms with Gasteiger partial charge in [0.05, 0.1) is 6.61 Å². The first-order valence-electron chi connectivity index (χ1n) is 9.57. The normalized spacial score (nSPS) is 13.6. The number of ether oxygens (including phenoxy) is 1. The van der Waals surface area contributed by atoms with Crippen molar-refractivity contribution in [3.8, 4) is 11.5 Å². The Morgan fingerprint density at radius 3 is 2.76 bits per heavy atom. The van der Waals surface area contributed by atoms with Crippen molar-refractivity contribution in [1.82, 2.24) is 15.5 Å². The Morgan fingerprint density at radius 2 is 2.03 bits per heavy atom. The molecule has 0 aliphatic carbocycles. The number of carbonyl (C=O) groups excluding carboxylic acids is 1. The van der Waals surface area contributed by atoms with Crippen LogP contribution in [0.1, 0.15) is 18.1 Å². The summed E-state index contributed by atoms with van der Waals surface area (Å²) in [5.74, 6) is 0.410. The molecular weight excluding hydrogens is 370 g/mol. The summed E-state index contributed by atoms with van der Waals surface area (Å²) in [5, 5.41) is 14.2. The Hall–Kier alpha value is -3.39. The fourth-order valence-electron chi connectivity index (χ4n) is 3.12. The summed E-state index contributed by atoms with van der Waals surface area (Å²) in [6.07, 6.45) is 0. The summed E-state index contributed by atoms with van der Waals surface area (Å²) >= 11 is 0. The average molecular weight is 393 g/mol. The van der Waals surface area contributed by atoms with E-state index in [0.717, 1.165) is 28.1 Å². The molecule has 3 aromatic rings. The van der Waals surface area contributed by atoms with E-state index in [1.807, 2.05) is 56.3 Å². The van der Waals surface area contributed by atoms with Crippen molar-refractivity contribution in [1.29, 1.82) is 0 Å². The number of carbonyl (C=O) groups is 1. The maximum absolute atomic E-state index is 11.8. The zero-order valence-corrected chi connectivity index (χ0v) is 16.4. The third kappa shape index (κ3) is 4.22. The van der Waals surface area contributed by atoms with E-state index in [1.165, 1.54) is 0 Å². The van der Waals surface area contributed by atoms with Gasteiger partial charge in [-0.05, 0) is 55.3 Å². The molecule has 2 aromatic carbocycles. The molecule has 150 valence electrons. The van der Waals surface area contributed by atoms with Gasteiger partial charge in [-0.1, -0.05) is 17.2 Å². The number of amides is 2. The number of rotatable bonds is 7. The van der Waals surface area contributed by atoms with Crippen LogP contribution in [0.2, 0.25) is 0 Å². The second-order valence-corrected chi connectivity index (χ2v) is 6.75. The molecule has 0 unspecified atom stereocenters. The lowest BCUT2D eigenvalue weighted by molar-refractivity contribution is 0.134. The van der Waals surface area contributed by atoms with Crippen LogP contribution in [0.25, 0.3) is 11.5 Å². The van der Waals surface area contributed by atoms with Gasteiger partial charge in [-0.25, -0.2) is 4.79 Å². The Balaban J connectivity index is 1.48. The van der Waals surface area contributed by atoms with E-state index in [4.69, 9.17) is 9.15 Å². The molecule has 8 heteroatoms. The van der Waals surface area contributed by atoms with E-state index in [-0.39, 0.29) is 6.03 Å². The molecule has 2 heterocycles. The SMILES string of the molecule is CCOCc1ccc(C)c(Nc2nnc(-c3ccc(N4CCNC4=O)cc3)o2)c1. The molecule has 4 rings (SSSR count). The number of nitrogens with one attached hydrogen (secondary N) is 2. The van der Waals surface area contributed by atoms with Gasteiger partial charge in [0.1, 0.15) is 0 Å². The smallest absolute Gasteiger partial charge is 0.321 e. The molecule has 2 amide bonds. The van der Waals surface area contributed by atoms with E-state index < -0.39 is 0 Å². The minimum atomic E-state index is -0.0797. The van der Waals surface area contributed by atoms with Gasteiger partial charge < -0.3 is 19.8 Å². The van der Waals surface area contributed by atoms with E-state index in [9.17, 15) is 4.79 Å². The van der Waals surface area contributed by atoms with Crippen LogP contribution in [-0.2, 0) is 11.3 Å². The van der Waals surface area contributed by atoms with Gasteiger partial charge in [0, 0.05) is 36.6 Å². The third-order valence-corrected chi connectivity index (χ3v) is 4.72. The first kappa shape index (κ1) is 18.9. The fourth-order valence-corrected chi connectivity index (χ4v) is 3.12. The molecule has 0 bridgehead atoms. The van der Waals surface area contributed by atoms with Crippen LogP contribution in [0.3, 0.4) is 0 Å². The maximum Gasteiger partial charge on any atom is 0.321 e. The van der Waals surface area contributed by atoms with Crippen LogP contribution in [0.4, 0.5) is 22.2 Å². The van der Waals surface area contributed by atoms with Crippen molar-refractivity contribution in [3.05, 3.63) is 53.6 Å². The van der Waals surface area contributed by atoms with Crippen molar-refractivity contribution < 1.29 is 13.9 Å². The summed E-state index contributed by atoms with van der Waals surface area (Å²) in [5.41, 5.74) is 4.66. The molecule has 8 nitrogen and oxygen atoms in total. The van der Waals surface area contributed by atoms with Crippen LogP contribution < -0.4 is 15.5 Å². The zero-order valence-electron chi connectivity index (χ0n) is 16.4. The van der Waals surface area contributed by atoms with Crippen molar-refractivity contribution in [2.45, 2.75) is 20.5 Å². The van der Waals surface area contributed by atoms with Crippen molar-refractivity contribution in [2.75, 3.05) is 29.9 Å².